The molecule has 0 spiro atoms. The lowest BCUT2D eigenvalue weighted by Gasteiger charge is -2.18. The lowest BCUT2D eigenvalue weighted by Crippen LogP contribution is -2.20. The molecule has 0 fully saturated rings. The molecular formula is C18H15BrF3NO4. The van der Waals surface area contributed by atoms with Gasteiger partial charge in [0.2, 0.25) is 5.91 Å². The Balaban J connectivity index is 2.23. The summed E-state index contributed by atoms with van der Waals surface area (Å²) in [5.74, 6) is -1.21. The molecule has 1 unspecified atom stereocenters. The molecule has 0 aliphatic heterocycles. The van der Waals surface area contributed by atoms with Crippen molar-refractivity contribution in [1.29, 1.82) is 0 Å². The van der Waals surface area contributed by atoms with Crippen LogP contribution >= 0.6 is 15.9 Å². The summed E-state index contributed by atoms with van der Waals surface area (Å²) in [5, 5.41) is 2.50. The highest BCUT2D eigenvalue weighted by atomic mass is 79.9. The number of benzene rings is 2. The second-order valence-corrected chi connectivity index (χ2v) is 6.29. The van der Waals surface area contributed by atoms with E-state index in [1.54, 1.807) is 0 Å². The van der Waals surface area contributed by atoms with Gasteiger partial charge in [0.25, 0.3) is 0 Å². The van der Waals surface area contributed by atoms with Crippen LogP contribution in [0.25, 0.3) is 0 Å². The number of esters is 1. The number of carbonyl (C=O) groups excluding carboxylic acids is 2. The quantitative estimate of drug-likeness (QED) is 0.540. The summed E-state index contributed by atoms with van der Waals surface area (Å²) in [6.07, 6.45) is -4.65. The average molecular weight is 446 g/mol. The lowest BCUT2D eigenvalue weighted by molar-refractivity contribution is -0.138. The number of carbonyl (C=O) groups is 2. The van der Waals surface area contributed by atoms with Crippen LogP contribution in [0.5, 0.6) is 5.75 Å². The van der Waals surface area contributed by atoms with E-state index < -0.39 is 28.4 Å². The fourth-order valence-electron chi connectivity index (χ4n) is 2.28. The van der Waals surface area contributed by atoms with Gasteiger partial charge in [-0.2, -0.15) is 13.2 Å². The van der Waals surface area contributed by atoms with E-state index in [0.717, 1.165) is 6.07 Å². The maximum absolute atomic E-state index is 13.3. The third-order valence-electron chi connectivity index (χ3n) is 3.64. The van der Waals surface area contributed by atoms with E-state index >= 15 is 0 Å². The molecule has 0 bridgehead atoms. The number of nitrogens with one attached hydrogen (secondary N) is 1. The van der Waals surface area contributed by atoms with Crippen molar-refractivity contribution >= 4 is 33.5 Å². The third-order valence-corrected chi connectivity index (χ3v) is 4.55. The number of anilines is 1. The summed E-state index contributed by atoms with van der Waals surface area (Å²) in [6, 6.07) is 9.11. The number of halogens is 4. The molecule has 2 aromatic rings. The normalized spacial score (nSPS) is 12.2. The molecule has 0 aliphatic carbocycles. The molecule has 1 amide bonds. The molecule has 0 saturated carbocycles. The Kier molecular flexibility index (Phi) is 6.48. The number of hydrogen-bond acceptors (Lipinski definition) is 4. The first-order chi connectivity index (χ1) is 12.7. The Labute approximate surface area is 161 Å². The molecule has 0 aliphatic rings. The van der Waals surface area contributed by atoms with Crippen molar-refractivity contribution in [2.75, 3.05) is 19.5 Å². The van der Waals surface area contributed by atoms with Gasteiger partial charge in [-0.25, -0.2) is 4.79 Å². The molecule has 1 N–H and O–H groups in total. The topological polar surface area (TPSA) is 64.6 Å². The van der Waals surface area contributed by atoms with Gasteiger partial charge in [0.15, 0.2) is 0 Å². The zero-order valence-electron chi connectivity index (χ0n) is 14.3. The summed E-state index contributed by atoms with van der Waals surface area (Å²) in [7, 11) is 2.49. The minimum Gasteiger partial charge on any atom is -0.497 e. The van der Waals surface area contributed by atoms with Crippen LogP contribution in [0.1, 0.15) is 26.3 Å². The van der Waals surface area contributed by atoms with Crippen LogP contribution < -0.4 is 10.1 Å². The van der Waals surface area contributed by atoms with Crippen molar-refractivity contribution in [2.24, 2.45) is 0 Å². The molecule has 0 radical (unpaired) electrons. The number of amides is 1. The van der Waals surface area contributed by atoms with Crippen molar-refractivity contribution in [1.82, 2.24) is 0 Å². The first kappa shape index (κ1) is 20.8. The monoisotopic (exact) mass is 445 g/mol. The molecule has 144 valence electrons. The van der Waals surface area contributed by atoms with Crippen molar-refractivity contribution in [2.45, 2.75) is 11.0 Å². The highest BCUT2D eigenvalue weighted by molar-refractivity contribution is 9.09. The number of hydrogen-bond donors (Lipinski definition) is 1. The highest BCUT2D eigenvalue weighted by Crippen LogP contribution is 2.39. The van der Waals surface area contributed by atoms with E-state index in [2.05, 4.69) is 26.0 Å². The molecule has 0 saturated heterocycles. The Bertz CT molecular complexity index is 837. The second kappa shape index (κ2) is 8.43. The molecule has 2 rings (SSSR count). The highest BCUT2D eigenvalue weighted by Gasteiger charge is 2.36. The lowest BCUT2D eigenvalue weighted by atomic mass is 10.0. The predicted octanol–water partition coefficient (Wildman–Crippen LogP) is 4.58. The molecule has 5 nitrogen and oxygen atoms in total. The number of alkyl halides is 4. The summed E-state index contributed by atoms with van der Waals surface area (Å²) >= 11 is 3.02. The predicted molar refractivity (Wildman–Crippen MR) is 96.1 cm³/mol. The van der Waals surface area contributed by atoms with E-state index in [4.69, 9.17) is 4.74 Å². The van der Waals surface area contributed by atoms with Gasteiger partial charge in [-0.05, 0) is 42.0 Å². The van der Waals surface area contributed by atoms with Gasteiger partial charge < -0.3 is 14.8 Å². The maximum atomic E-state index is 13.3. The van der Waals surface area contributed by atoms with Crippen LogP contribution in [-0.4, -0.2) is 26.1 Å². The van der Waals surface area contributed by atoms with Crippen molar-refractivity contribution in [3.05, 3.63) is 59.2 Å². The van der Waals surface area contributed by atoms with Crippen molar-refractivity contribution in [3.63, 3.8) is 0 Å². The summed E-state index contributed by atoms with van der Waals surface area (Å²) in [4.78, 5) is 22.5. The molecule has 9 heteroatoms. The molecule has 2 aromatic carbocycles. The van der Waals surface area contributed by atoms with Crippen LogP contribution in [-0.2, 0) is 15.7 Å². The van der Waals surface area contributed by atoms with Gasteiger partial charge >= 0.3 is 12.1 Å². The maximum Gasteiger partial charge on any atom is 0.416 e. The van der Waals surface area contributed by atoms with Gasteiger partial charge in [0, 0.05) is 5.69 Å². The van der Waals surface area contributed by atoms with Gasteiger partial charge in [0.05, 0.1) is 25.3 Å². The molecule has 27 heavy (non-hydrogen) atoms. The van der Waals surface area contributed by atoms with E-state index in [9.17, 15) is 22.8 Å². The van der Waals surface area contributed by atoms with E-state index in [1.165, 1.54) is 50.6 Å². The Hall–Kier alpha value is -2.55. The van der Waals surface area contributed by atoms with Crippen LogP contribution in [0, 0.1) is 0 Å². The Morgan fingerprint density at radius 1 is 1.07 bits per heavy atom. The number of ether oxygens (including phenoxy) is 2. The van der Waals surface area contributed by atoms with Gasteiger partial charge in [0.1, 0.15) is 10.6 Å². The summed E-state index contributed by atoms with van der Waals surface area (Å²) in [6.45, 7) is 0. The Morgan fingerprint density at radius 2 is 1.70 bits per heavy atom. The zero-order valence-corrected chi connectivity index (χ0v) is 15.8. The van der Waals surface area contributed by atoms with Crippen LogP contribution in [0.4, 0.5) is 18.9 Å². The van der Waals surface area contributed by atoms with Gasteiger partial charge in [-0.15, -0.1) is 0 Å². The fourth-order valence-corrected chi connectivity index (χ4v) is 2.80. The molecular weight excluding hydrogens is 431 g/mol. The van der Waals surface area contributed by atoms with Crippen LogP contribution in [0.2, 0.25) is 0 Å². The Morgan fingerprint density at radius 3 is 2.22 bits per heavy atom. The standard InChI is InChI=1S/C18H15BrF3NO4/c1-26-12-7-8-13(14(9-12)18(20,21)22)15(19)16(24)23-11-5-3-10(4-6-11)17(25)27-2/h3-9,15H,1-2H3,(H,23,24). The summed E-state index contributed by atoms with van der Waals surface area (Å²) in [5.41, 5.74) is -0.619. The fraction of sp³-hybridized carbons (Fsp3) is 0.222. The van der Waals surface area contributed by atoms with E-state index in [-0.39, 0.29) is 16.9 Å². The van der Waals surface area contributed by atoms with Gasteiger partial charge in [-0.3, -0.25) is 4.79 Å². The van der Waals surface area contributed by atoms with E-state index in [0.29, 0.717) is 5.69 Å². The van der Waals surface area contributed by atoms with Gasteiger partial charge in [-0.1, -0.05) is 22.0 Å². The molecule has 0 heterocycles. The second-order valence-electron chi connectivity index (χ2n) is 5.37. The van der Waals surface area contributed by atoms with Crippen molar-refractivity contribution < 1.29 is 32.2 Å². The number of rotatable bonds is 5. The number of methoxy groups -OCH3 is 2. The van der Waals surface area contributed by atoms with Crippen molar-refractivity contribution in [3.8, 4) is 5.75 Å². The first-order valence-corrected chi connectivity index (χ1v) is 8.47. The smallest absolute Gasteiger partial charge is 0.416 e. The summed E-state index contributed by atoms with van der Waals surface area (Å²) < 4.78 is 49.3. The largest absolute Gasteiger partial charge is 0.497 e. The SMILES string of the molecule is COC(=O)c1ccc(NC(=O)C(Br)c2ccc(OC)cc2C(F)(F)F)cc1. The minimum atomic E-state index is -4.65. The first-order valence-electron chi connectivity index (χ1n) is 7.55. The zero-order chi connectivity index (χ0) is 20.2. The average Bonchev–Trinajstić information content (AvgIpc) is 2.66. The third kappa shape index (κ3) is 5.00. The minimum absolute atomic E-state index is 0.0320. The van der Waals surface area contributed by atoms with Crippen LogP contribution in [0.15, 0.2) is 42.5 Å². The van der Waals surface area contributed by atoms with Crippen LogP contribution in [0.3, 0.4) is 0 Å². The molecule has 0 aromatic heterocycles. The van der Waals surface area contributed by atoms with E-state index in [1.807, 2.05) is 0 Å². The molecule has 1 atom stereocenters.